The number of aromatic amines is 1. The first-order chi connectivity index (χ1) is 8.70. The Balaban J connectivity index is 1.89. The first kappa shape index (κ1) is 13.0. The number of carbonyl (C=O) groups excluding carboxylic acids is 1. The molecule has 2 heterocycles. The maximum Gasteiger partial charge on any atom is 0.291 e. The van der Waals surface area contributed by atoms with Gasteiger partial charge >= 0.3 is 0 Å². The highest BCUT2D eigenvalue weighted by atomic mass is 16.5. The normalized spacial score (nSPS) is 20.9. The number of aromatic nitrogens is 3. The summed E-state index contributed by atoms with van der Waals surface area (Å²) in [5.41, 5.74) is 0. The highest BCUT2D eigenvalue weighted by Crippen LogP contribution is 2.16. The highest BCUT2D eigenvalue weighted by Gasteiger charge is 2.24. The summed E-state index contributed by atoms with van der Waals surface area (Å²) in [6, 6.07) is 0.0909. The Labute approximate surface area is 107 Å². The van der Waals surface area contributed by atoms with Crippen molar-refractivity contribution in [1.82, 2.24) is 20.5 Å². The Morgan fingerprint density at radius 1 is 1.67 bits per heavy atom. The number of hydrogen-bond acceptors (Lipinski definition) is 4. The molecule has 0 aromatic carbocycles. The number of aryl methyl sites for hydroxylation is 1. The molecule has 2 unspecified atom stereocenters. The van der Waals surface area contributed by atoms with Gasteiger partial charge in [0, 0.05) is 25.0 Å². The fourth-order valence-corrected chi connectivity index (χ4v) is 2.08. The van der Waals surface area contributed by atoms with E-state index >= 15 is 0 Å². The van der Waals surface area contributed by atoms with Gasteiger partial charge < -0.3 is 10.1 Å². The third-order valence-corrected chi connectivity index (χ3v) is 3.25. The van der Waals surface area contributed by atoms with Crippen LogP contribution in [0.4, 0.5) is 0 Å². The van der Waals surface area contributed by atoms with Gasteiger partial charge in [-0.3, -0.25) is 9.89 Å². The van der Waals surface area contributed by atoms with Crippen LogP contribution in [-0.2, 0) is 11.2 Å². The van der Waals surface area contributed by atoms with Crippen LogP contribution in [0, 0.1) is 5.92 Å². The zero-order chi connectivity index (χ0) is 13.0. The molecule has 0 saturated carbocycles. The van der Waals surface area contributed by atoms with Gasteiger partial charge in [0.1, 0.15) is 5.82 Å². The molecule has 2 N–H and O–H groups in total. The van der Waals surface area contributed by atoms with E-state index in [1.54, 1.807) is 0 Å². The number of nitrogens with zero attached hydrogens (tertiary/aromatic N) is 2. The van der Waals surface area contributed by atoms with Crippen molar-refractivity contribution in [2.75, 3.05) is 13.2 Å². The van der Waals surface area contributed by atoms with Gasteiger partial charge in [0.15, 0.2) is 0 Å². The number of ether oxygens (including phenoxy) is 1. The first-order valence-corrected chi connectivity index (χ1v) is 6.50. The second-order valence-electron chi connectivity index (χ2n) is 4.74. The molecule has 2 atom stereocenters. The molecule has 1 saturated heterocycles. The Kier molecular flexibility index (Phi) is 4.30. The van der Waals surface area contributed by atoms with Crippen LogP contribution in [0.25, 0.3) is 0 Å². The van der Waals surface area contributed by atoms with E-state index in [1.807, 2.05) is 6.92 Å². The molecule has 1 aromatic rings. The van der Waals surface area contributed by atoms with E-state index in [2.05, 4.69) is 27.4 Å². The number of rotatable bonds is 5. The van der Waals surface area contributed by atoms with Gasteiger partial charge in [-0.25, -0.2) is 4.98 Å². The summed E-state index contributed by atoms with van der Waals surface area (Å²) < 4.78 is 5.31. The van der Waals surface area contributed by atoms with Gasteiger partial charge in [-0.1, -0.05) is 6.92 Å². The van der Waals surface area contributed by atoms with Crippen LogP contribution in [0.5, 0.6) is 0 Å². The first-order valence-electron chi connectivity index (χ1n) is 6.50. The lowest BCUT2D eigenvalue weighted by atomic mass is 10.0. The van der Waals surface area contributed by atoms with Gasteiger partial charge in [-0.2, -0.15) is 0 Å². The number of H-pyrrole nitrogens is 1. The number of amides is 1. The van der Waals surface area contributed by atoms with Crippen molar-refractivity contribution < 1.29 is 9.53 Å². The lowest BCUT2D eigenvalue weighted by Gasteiger charge is -2.18. The van der Waals surface area contributed by atoms with Crippen molar-refractivity contribution in [2.24, 2.45) is 5.92 Å². The molecule has 0 aliphatic carbocycles. The Morgan fingerprint density at radius 3 is 3.17 bits per heavy atom. The van der Waals surface area contributed by atoms with Crippen LogP contribution in [0.1, 0.15) is 43.1 Å². The standard InChI is InChI=1S/C12H20N4O2/c1-3-4-10-14-11(16-15-10)12(17)13-8(2)9-5-6-18-7-9/h8-9H,3-7H2,1-2H3,(H,13,17)(H,14,15,16). The topological polar surface area (TPSA) is 79.9 Å². The molecule has 18 heavy (non-hydrogen) atoms. The summed E-state index contributed by atoms with van der Waals surface area (Å²) >= 11 is 0. The van der Waals surface area contributed by atoms with E-state index < -0.39 is 0 Å². The predicted molar refractivity (Wildman–Crippen MR) is 66.2 cm³/mol. The monoisotopic (exact) mass is 252 g/mol. The summed E-state index contributed by atoms with van der Waals surface area (Å²) in [5, 5.41) is 9.65. The average molecular weight is 252 g/mol. The van der Waals surface area contributed by atoms with E-state index in [1.165, 1.54) is 0 Å². The largest absolute Gasteiger partial charge is 0.381 e. The highest BCUT2D eigenvalue weighted by molar-refractivity contribution is 5.90. The van der Waals surface area contributed by atoms with Crippen LogP contribution in [0.2, 0.25) is 0 Å². The fraction of sp³-hybridized carbons (Fsp3) is 0.750. The number of nitrogens with one attached hydrogen (secondary N) is 2. The van der Waals surface area contributed by atoms with Crippen LogP contribution < -0.4 is 5.32 Å². The molecule has 0 bridgehead atoms. The van der Waals surface area contributed by atoms with Crippen LogP contribution >= 0.6 is 0 Å². The number of hydrogen-bond donors (Lipinski definition) is 2. The maximum absolute atomic E-state index is 11.9. The van der Waals surface area contributed by atoms with Crippen molar-refractivity contribution in [3.8, 4) is 0 Å². The lowest BCUT2D eigenvalue weighted by Crippen LogP contribution is -2.38. The molecule has 1 fully saturated rings. The zero-order valence-corrected chi connectivity index (χ0v) is 10.9. The molecular weight excluding hydrogens is 232 g/mol. The maximum atomic E-state index is 11.9. The summed E-state index contributed by atoms with van der Waals surface area (Å²) in [5.74, 6) is 1.17. The van der Waals surface area contributed by atoms with Gasteiger partial charge in [0.25, 0.3) is 5.91 Å². The minimum atomic E-state index is -0.215. The molecule has 0 spiro atoms. The lowest BCUT2D eigenvalue weighted by molar-refractivity contribution is 0.0912. The summed E-state index contributed by atoms with van der Waals surface area (Å²) in [6.07, 6.45) is 2.79. The molecule has 2 rings (SSSR count). The Hall–Kier alpha value is -1.43. The molecular formula is C12H20N4O2. The fourth-order valence-electron chi connectivity index (χ4n) is 2.08. The molecule has 1 aliphatic heterocycles. The quantitative estimate of drug-likeness (QED) is 0.816. The molecule has 6 heteroatoms. The van der Waals surface area contributed by atoms with E-state index in [4.69, 9.17) is 4.74 Å². The molecule has 100 valence electrons. The Morgan fingerprint density at radius 2 is 2.50 bits per heavy atom. The average Bonchev–Trinajstić information content (AvgIpc) is 3.00. The minimum Gasteiger partial charge on any atom is -0.381 e. The van der Waals surface area contributed by atoms with Gasteiger partial charge in [0.2, 0.25) is 5.82 Å². The summed E-state index contributed by atoms with van der Waals surface area (Å²) in [4.78, 5) is 16.1. The minimum absolute atomic E-state index is 0.0909. The van der Waals surface area contributed by atoms with Crippen molar-refractivity contribution >= 4 is 5.91 Å². The molecule has 1 aliphatic rings. The molecule has 6 nitrogen and oxygen atoms in total. The summed E-state index contributed by atoms with van der Waals surface area (Å²) in [6.45, 7) is 5.56. The van der Waals surface area contributed by atoms with Gasteiger partial charge in [-0.05, 0) is 19.8 Å². The molecule has 0 radical (unpaired) electrons. The van der Waals surface area contributed by atoms with Crippen LogP contribution in [0.15, 0.2) is 0 Å². The third-order valence-electron chi connectivity index (χ3n) is 3.25. The van der Waals surface area contributed by atoms with Crippen molar-refractivity contribution in [3.63, 3.8) is 0 Å². The second kappa shape index (κ2) is 5.95. The van der Waals surface area contributed by atoms with Gasteiger partial charge in [-0.15, -0.1) is 5.10 Å². The van der Waals surface area contributed by atoms with Gasteiger partial charge in [0.05, 0.1) is 6.61 Å². The smallest absolute Gasteiger partial charge is 0.291 e. The SMILES string of the molecule is CCCc1nc(C(=O)NC(C)C2CCOC2)n[nH]1. The predicted octanol–water partition coefficient (Wildman–Crippen LogP) is 0.912. The van der Waals surface area contributed by atoms with Crippen molar-refractivity contribution in [1.29, 1.82) is 0 Å². The number of carbonyl (C=O) groups is 1. The van der Waals surface area contributed by atoms with E-state index in [0.29, 0.717) is 5.92 Å². The second-order valence-corrected chi connectivity index (χ2v) is 4.74. The van der Waals surface area contributed by atoms with Crippen molar-refractivity contribution in [2.45, 2.75) is 39.2 Å². The van der Waals surface area contributed by atoms with E-state index in [0.717, 1.165) is 38.3 Å². The van der Waals surface area contributed by atoms with Crippen LogP contribution in [-0.4, -0.2) is 40.3 Å². The van der Waals surface area contributed by atoms with E-state index in [-0.39, 0.29) is 17.8 Å². The molecule has 1 amide bonds. The molecule has 1 aromatic heterocycles. The zero-order valence-electron chi connectivity index (χ0n) is 10.9. The summed E-state index contributed by atoms with van der Waals surface area (Å²) in [7, 11) is 0. The van der Waals surface area contributed by atoms with Crippen molar-refractivity contribution in [3.05, 3.63) is 11.6 Å². The van der Waals surface area contributed by atoms with Crippen LogP contribution in [0.3, 0.4) is 0 Å². The third kappa shape index (κ3) is 3.07. The Bertz CT molecular complexity index is 399. The van der Waals surface area contributed by atoms with E-state index in [9.17, 15) is 4.79 Å².